The highest BCUT2D eigenvalue weighted by molar-refractivity contribution is 6.01. The minimum Gasteiger partial charge on any atom is -0.506 e. The molecule has 0 fully saturated rings. The van der Waals surface area contributed by atoms with E-state index in [9.17, 15) is 20.0 Å². The molecule has 0 heterocycles. The van der Waals surface area contributed by atoms with Crippen LogP contribution in [0.25, 0.3) is 0 Å². The van der Waals surface area contributed by atoms with Crippen molar-refractivity contribution in [2.45, 2.75) is 0 Å². The number of nitrogens with zero attached hydrogens (tertiary/aromatic N) is 1. The van der Waals surface area contributed by atoms with E-state index in [4.69, 9.17) is 4.74 Å². The molecule has 0 unspecified atom stereocenters. The molecule has 22 heavy (non-hydrogen) atoms. The van der Waals surface area contributed by atoms with E-state index in [0.717, 1.165) is 0 Å². The molecule has 0 aliphatic heterocycles. The van der Waals surface area contributed by atoms with E-state index >= 15 is 0 Å². The predicted octanol–water partition coefficient (Wildman–Crippen LogP) is 2.95. The molecule has 0 aliphatic rings. The number of nitrogens with one attached hydrogen (secondary N) is 2. The molecule has 114 valence electrons. The summed E-state index contributed by atoms with van der Waals surface area (Å²) in [6, 6.07) is 9.36. The number of nitro groups is 1. The van der Waals surface area contributed by atoms with Crippen molar-refractivity contribution >= 4 is 23.1 Å². The van der Waals surface area contributed by atoms with Crippen LogP contribution in [-0.2, 0) is 0 Å². The van der Waals surface area contributed by atoms with Crippen molar-refractivity contribution in [1.29, 1.82) is 0 Å². The van der Waals surface area contributed by atoms with Gasteiger partial charge >= 0.3 is 6.03 Å². The lowest BCUT2D eigenvalue weighted by Crippen LogP contribution is -2.20. The number of benzene rings is 2. The quantitative estimate of drug-likeness (QED) is 0.456. The number of carbonyl (C=O) groups is 1. The van der Waals surface area contributed by atoms with Crippen molar-refractivity contribution in [2.75, 3.05) is 17.7 Å². The SMILES string of the molecule is COc1ccc([N+](=O)[O-])cc1NC(=O)Nc1ccccc1O. The molecule has 3 N–H and O–H groups in total. The zero-order chi connectivity index (χ0) is 16.1. The van der Waals surface area contributed by atoms with E-state index in [-0.39, 0.29) is 28.6 Å². The van der Waals surface area contributed by atoms with Crippen LogP contribution < -0.4 is 15.4 Å². The Morgan fingerprint density at radius 2 is 1.86 bits per heavy atom. The Morgan fingerprint density at radius 3 is 2.50 bits per heavy atom. The zero-order valence-electron chi connectivity index (χ0n) is 11.6. The fraction of sp³-hybridized carbons (Fsp3) is 0.0714. The van der Waals surface area contributed by atoms with Crippen LogP contribution in [0.1, 0.15) is 0 Å². The number of aromatic hydroxyl groups is 1. The highest BCUT2D eigenvalue weighted by Gasteiger charge is 2.14. The molecule has 0 saturated heterocycles. The van der Waals surface area contributed by atoms with E-state index in [2.05, 4.69) is 10.6 Å². The lowest BCUT2D eigenvalue weighted by Gasteiger charge is -2.11. The summed E-state index contributed by atoms with van der Waals surface area (Å²) in [6.45, 7) is 0. The van der Waals surface area contributed by atoms with E-state index in [1.165, 1.54) is 37.4 Å². The number of hydrogen-bond donors (Lipinski definition) is 3. The van der Waals surface area contributed by atoms with Crippen molar-refractivity contribution in [1.82, 2.24) is 0 Å². The van der Waals surface area contributed by atoms with Crippen LogP contribution in [0.4, 0.5) is 21.9 Å². The van der Waals surface area contributed by atoms with Gasteiger partial charge in [-0.05, 0) is 18.2 Å². The third-order valence-corrected chi connectivity index (χ3v) is 2.79. The summed E-state index contributed by atoms with van der Waals surface area (Å²) in [7, 11) is 1.38. The number of hydrogen-bond acceptors (Lipinski definition) is 5. The van der Waals surface area contributed by atoms with Crippen LogP contribution in [0.3, 0.4) is 0 Å². The van der Waals surface area contributed by atoms with Crippen molar-refractivity contribution in [2.24, 2.45) is 0 Å². The first-order valence-corrected chi connectivity index (χ1v) is 6.19. The molecular formula is C14H13N3O5. The number of carbonyl (C=O) groups excluding carboxylic acids is 1. The van der Waals surface area contributed by atoms with E-state index in [0.29, 0.717) is 0 Å². The van der Waals surface area contributed by atoms with Gasteiger partial charge in [-0.3, -0.25) is 10.1 Å². The van der Waals surface area contributed by atoms with Crippen LogP contribution in [-0.4, -0.2) is 23.2 Å². The number of nitro benzene ring substituents is 1. The molecule has 0 aliphatic carbocycles. The maximum absolute atomic E-state index is 11.9. The third-order valence-electron chi connectivity index (χ3n) is 2.79. The zero-order valence-corrected chi connectivity index (χ0v) is 11.6. The molecule has 2 aromatic carbocycles. The van der Waals surface area contributed by atoms with Crippen LogP contribution >= 0.6 is 0 Å². The molecule has 8 heteroatoms. The van der Waals surface area contributed by atoms with Gasteiger partial charge in [0.1, 0.15) is 11.5 Å². The largest absolute Gasteiger partial charge is 0.506 e. The van der Waals surface area contributed by atoms with Gasteiger partial charge in [0.25, 0.3) is 5.69 Å². The fourth-order valence-electron chi connectivity index (χ4n) is 1.76. The number of urea groups is 1. The van der Waals surface area contributed by atoms with Gasteiger partial charge in [-0.25, -0.2) is 4.79 Å². The average Bonchev–Trinajstić information content (AvgIpc) is 2.49. The number of anilines is 2. The summed E-state index contributed by atoms with van der Waals surface area (Å²) in [5.74, 6) is 0.182. The molecule has 0 radical (unpaired) electrons. The summed E-state index contributed by atoms with van der Waals surface area (Å²) in [5, 5.41) is 25.2. The van der Waals surface area contributed by atoms with Crippen LogP contribution in [0.5, 0.6) is 11.5 Å². The third kappa shape index (κ3) is 3.42. The summed E-state index contributed by atoms with van der Waals surface area (Å²) in [6.07, 6.45) is 0. The monoisotopic (exact) mass is 303 g/mol. The smallest absolute Gasteiger partial charge is 0.323 e. The van der Waals surface area contributed by atoms with Gasteiger partial charge in [-0.2, -0.15) is 0 Å². The maximum Gasteiger partial charge on any atom is 0.323 e. The van der Waals surface area contributed by atoms with Crippen LogP contribution in [0.2, 0.25) is 0 Å². The molecule has 0 spiro atoms. The molecular weight excluding hydrogens is 290 g/mol. The van der Waals surface area contributed by atoms with Gasteiger partial charge in [0.15, 0.2) is 0 Å². The Morgan fingerprint density at radius 1 is 1.18 bits per heavy atom. The number of methoxy groups -OCH3 is 1. The second-order valence-electron chi connectivity index (χ2n) is 4.24. The molecule has 8 nitrogen and oxygen atoms in total. The average molecular weight is 303 g/mol. The number of phenols is 1. The summed E-state index contributed by atoms with van der Waals surface area (Å²) < 4.78 is 5.04. The number of phenolic OH excluding ortho intramolecular Hbond substituents is 1. The van der Waals surface area contributed by atoms with E-state index in [1.54, 1.807) is 12.1 Å². The Balaban J connectivity index is 2.19. The van der Waals surface area contributed by atoms with Gasteiger partial charge in [-0.15, -0.1) is 0 Å². The highest BCUT2D eigenvalue weighted by Crippen LogP contribution is 2.29. The first-order valence-electron chi connectivity index (χ1n) is 6.19. The van der Waals surface area contributed by atoms with Gasteiger partial charge < -0.3 is 20.5 Å². The minimum absolute atomic E-state index is 0.0938. The van der Waals surface area contributed by atoms with Crippen molar-refractivity contribution in [3.63, 3.8) is 0 Å². The normalized spacial score (nSPS) is 9.86. The summed E-state index contributed by atoms with van der Waals surface area (Å²) in [5.41, 5.74) is 0.174. The predicted molar refractivity (Wildman–Crippen MR) is 80.4 cm³/mol. The second-order valence-corrected chi connectivity index (χ2v) is 4.24. The van der Waals surface area contributed by atoms with Gasteiger partial charge in [0, 0.05) is 12.1 Å². The number of para-hydroxylation sites is 2. The Bertz CT molecular complexity index is 717. The molecule has 2 aromatic rings. The van der Waals surface area contributed by atoms with E-state index < -0.39 is 11.0 Å². The van der Waals surface area contributed by atoms with Crippen LogP contribution in [0, 0.1) is 10.1 Å². The molecule has 2 rings (SSSR count). The van der Waals surface area contributed by atoms with Crippen LogP contribution in [0.15, 0.2) is 42.5 Å². The van der Waals surface area contributed by atoms with Crippen molar-refractivity contribution in [3.05, 3.63) is 52.6 Å². The van der Waals surface area contributed by atoms with Gasteiger partial charge in [-0.1, -0.05) is 12.1 Å². The van der Waals surface area contributed by atoms with Crippen molar-refractivity contribution < 1.29 is 19.6 Å². The number of rotatable bonds is 4. The fourth-order valence-corrected chi connectivity index (χ4v) is 1.76. The Labute approximate surface area is 125 Å². The topological polar surface area (TPSA) is 114 Å². The molecule has 0 aromatic heterocycles. The molecule has 0 saturated carbocycles. The first-order chi connectivity index (χ1) is 10.5. The minimum atomic E-state index is -0.666. The lowest BCUT2D eigenvalue weighted by molar-refractivity contribution is -0.384. The molecule has 0 atom stereocenters. The number of ether oxygens (including phenoxy) is 1. The highest BCUT2D eigenvalue weighted by atomic mass is 16.6. The molecule has 0 bridgehead atoms. The summed E-state index contributed by atoms with van der Waals surface area (Å²) in [4.78, 5) is 22.1. The van der Waals surface area contributed by atoms with Crippen molar-refractivity contribution in [3.8, 4) is 11.5 Å². The first kappa shape index (κ1) is 15.1. The van der Waals surface area contributed by atoms with Gasteiger partial charge in [0.2, 0.25) is 0 Å². The Kier molecular flexibility index (Phi) is 4.42. The van der Waals surface area contributed by atoms with E-state index in [1.807, 2.05) is 0 Å². The number of amides is 2. The van der Waals surface area contributed by atoms with Gasteiger partial charge in [0.05, 0.1) is 23.4 Å². The summed E-state index contributed by atoms with van der Waals surface area (Å²) >= 11 is 0. The number of non-ortho nitro benzene ring substituents is 1. The maximum atomic E-state index is 11.9. The standard InChI is InChI=1S/C14H13N3O5/c1-22-13-7-6-9(17(20)21)8-11(13)16-14(19)15-10-4-2-3-5-12(10)18/h2-8,18H,1H3,(H2,15,16,19). The lowest BCUT2D eigenvalue weighted by atomic mass is 10.2. The molecule has 2 amide bonds. The second kappa shape index (κ2) is 6.44. The Hall–Kier alpha value is -3.29.